The molecule has 4 nitrogen and oxygen atoms in total. The summed E-state index contributed by atoms with van der Waals surface area (Å²) in [6.07, 6.45) is 3.27. The Labute approximate surface area is 125 Å². The monoisotopic (exact) mass is 284 g/mol. The van der Waals surface area contributed by atoms with E-state index in [0.717, 1.165) is 5.56 Å². The zero-order valence-electron chi connectivity index (χ0n) is 11.9. The highest BCUT2D eigenvalue weighted by molar-refractivity contribution is 6.11. The third kappa shape index (κ3) is 2.70. The van der Waals surface area contributed by atoms with Crippen LogP contribution in [-0.4, -0.2) is 31.5 Å². The summed E-state index contributed by atoms with van der Waals surface area (Å²) < 4.78 is 16.5. The van der Waals surface area contributed by atoms with Gasteiger partial charge in [0.2, 0.25) is 0 Å². The maximum atomic E-state index is 12.1. The molecule has 108 valence electrons. The lowest BCUT2D eigenvalue weighted by Gasteiger charge is -2.32. The predicted octanol–water partition coefficient (Wildman–Crippen LogP) is 1.93. The van der Waals surface area contributed by atoms with E-state index in [2.05, 4.69) is 0 Å². The first-order valence-corrected chi connectivity index (χ1v) is 7.07. The van der Waals surface area contributed by atoms with Crippen molar-refractivity contribution in [2.45, 2.75) is 37.7 Å². The molecule has 2 radical (unpaired) electrons. The van der Waals surface area contributed by atoms with E-state index in [9.17, 15) is 4.79 Å². The van der Waals surface area contributed by atoms with Crippen molar-refractivity contribution in [2.75, 3.05) is 0 Å². The summed E-state index contributed by atoms with van der Waals surface area (Å²) in [7, 11) is 5.90. The number of ether oxygens (including phenoxy) is 3. The molecule has 0 aliphatic carbocycles. The Morgan fingerprint density at radius 1 is 1.38 bits per heavy atom. The van der Waals surface area contributed by atoms with E-state index < -0.39 is 11.6 Å². The maximum Gasteiger partial charge on any atom is 0.309 e. The van der Waals surface area contributed by atoms with Gasteiger partial charge in [-0.15, -0.1) is 0 Å². The Morgan fingerprint density at radius 3 is 2.90 bits per heavy atom. The first-order valence-electron chi connectivity index (χ1n) is 7.07. The number of esters is 1. The minimum atomic E-state index is -0.712. The average molecular weight is 284 g/mol. The lowest BCUT2D eigenvalue weighted by molar-refractivity contribution is -0.150. The van der Waals surface area contributed by atoms with Crippen LogP contribution in [0.3, 0.4) is 0 Å². The van der Waals surface area contributed by atoms with Gasteiger partial charge in [-0.05, 0) is 11.6 Å². The van der Waals surface area contributed by atoms with Crippen molar-refractivity contribution in [1.82, 2.24) is 0 Å². The Bertz CT molecular complexity index is 544. The van der Waals surface area contributed by atoms with E-state index in [1.54, 1.807) is 12.3 Å². The normalized spacial score (nSPS) is 33.5. The molecule has 1 aromatic rings. The molecule has 2 aliphatic heterocycles. The van der Waals surface area contributed by atoms with Crippen molar-refractivity contribution in [3.63, 3.8) is 0 Å². The van der Waals surface area contributed by atoms with Crippen LogP contribution in [0.1, 0.15) is 18.9 Å². The SMILES string of the molecule is [B][C@@H]1O[C@@]2(CC(=O)OCc3ccccc3)C=CO[C@H]1C2C. The van der Waals surface area contributed by atoms with E-state index in [4.69, 9.17) is 22.1 Å². The second-order valence-electron chi connectivity index (χ2n) is 5.55. The van der Waals surface area contributed by atoms with E-state index in [1.807, 2.05) is 37.3 Å². The number of fused-ring (bicyclic) bond motifs is 2. The molecular formula is C16H17BO4. The molecule has 0 N–H and O–H groups in total. The van der Waals surface area contributed by atoms with Gasteiger partial charge in [0.25, 0.3) is 0 Å². The van der Waals surface area contributed by atoms with Gasteiger partial charge < -0.3 is 14.2 Å². The lowest BCUT2D eigenvalue weighted by Crippen LogP contribution is -2.40. The van der Waals surface area contributed by atoms with Crippen LogP contribution in [0.2, 0.25) is 0 Å². The number of hydrogen-bond acceptors (Lipinski definition) is 4. The van der Waals surface area contributed by atoms with Crippen LogP contribution in [0, 0.1) is 5.92 Å². The van der Waals surface area contributed by atoms with Gasteiger partial charge in [-0.25, -0.2) is 0 Å². The highest BCUT2D eigenvalue weighted by Crippen LogP contribution is 2.43. The third-order valence-electron chi connectivity index (χ3n) is 4.19. The Balaban J connectivity index is 1.62. The van der Waals surface area contributed by atoms with E-state index in [1.165, 1.54) is 0 Å². The van der Waals surface area contributed by atoms with Crippen LogP contribution in [-0.2, 0) is 25.6 Å². The van der Waals surface area contributed by atoms with Gasteiger partial charge in [0, 0.05) is 5.92 Å². The minimum Gasteiger partial charge on any atom is -0.496 e. The van der Waals surface area contributed by atoms with Crippen molar-refractivity contribution >= 4 is 13.8 Å². The van der Waals surface area contributed by atoms with E-state index in [0.29, 0.717) is 0 Å². The molecule has 2 heterocycles. The molecule has 0 spiro atoms. The highest BCUT2D eigenvalue weighted by Gasteiger charge is 2.53. The van der Waals surface area contributed by atoms with Crippen LogP contribution in [0.5, 0.6) is 0 Å². The van der Waals surface area contributed by atoms with Crippen LogP contribution < -0.4 is 0 Å². The number of rotatable bonds is 4. The number of carbonyl (C=O) groups is 1. The molecule has 21 heavy (non-hydrogen) atoms. The molecule has 0 saturated carbocycles. The van der Waals surface area contributed by atoms with Gasteiger partial charge in [0.05, 0.1) is 18.7 Å². The van der Waals surface area contributed by atoms with Gasteiger partial charge >= 0.3 is 5.97 Å². The molecular weight excluding hydrogens is 267 g/mol. The largest absolute Gasteiger partial charge is 0.496 e. The van der Waals surface area contributed by atoms with Crippen LogP contribution in [0.15, 0.2) is 42.7 Å². The minimum absolute atomic E-state index is 0.0155. The van der Waals surface area contributed by atoms with Crippen molar-refractivity contribution < 1.29 is 19.0 Å². The van der Waals surface area contributed by atoms with Crippen molar-refractivity contribution in [3.05, 3.63) is 48.2 Å². The van der Waals surface area contributed by atoms with Gasteiger partial charge in [-0.1, -0.05) is 37.3 Å². The summed E-state index contributed by atoms with van der Waals surface area (Å²) >= 11 is 0. The summed E-state index contributed by atoms with van der Waals surface area (Å²) in [5.41, 5.74) is 0.247. The zero-order valence-corrected chi connectivity index (χ0v) is 11.9. The van der Waals surface area contributed by atoms with Crippen molar-refractivity contribution in [3.8, 4) is 0 Å². The molecule has 0 amide bonds. The number of benzene rings is 1. The Kier molecular flexibility index (Phi) is 3.76. The molecule has 4 atom stereocenters. The lowest BCUT2D eigenvalue weighted by atomic mass is 9.80. The summed E-state index contributed by atoms with van der Waals surface area (Å²) in [4.78, 5) is 12.1. The summed E-state index contributed by atoms with van der Waals surface area (Å²) in [5.74, 6) is -0.285. The fourth-order valence-corrected chi connectivity index (χ4v) is 2.90. The first-order chi connectivity index (χ1) is 10.1. The molecule has 1 fully saturated rings. The Morgan fingerprint density at radius 2 is 2.14 bits per heavy atom. The second-order valence-corrected chi connectivity index (χ2v) is 5.55. The van der Waals surface area contributed by atoms with Crippen molar-refractivity contribution in [1.29, 1.82) is 0 Å². The third-order valence-corrected chi connectivity index (χ3v) is 4.19. The quantitative estimate of drug-likeness (QED) is 0.626. The standard InChI is InChI=1S/C16H17BO4/c1-11-14-15(17)21-16(11,7-8-19-14)9-13(18)20-10-12-5-3-2-4-6-12/h2-8,11,14-15H,9-10H2,1H3/t11?,14-,15+,16+/m0/s1. The predicted molar refractivity (Wildman–Crippen MR) is 77.4 cm³/mol. The fraction of sp³-hybridized carbons (Fsp3) is 0.438. The highest BCUT2D eigenvalue weighted by atomic mass is 16.6. The molecule has 2 bridgehead atoms. The van der Waals surface area contributed by atoms with E-state index >= 15 is 0 Å². The smallest absolute Gasteiger partial charge is 0.309 e. The Hall–Kier alpha value is -1.75. The molecule has 0 aromatic heterocycles. The molecule has 2 aliphatic rings. The average Bonchev–Trinajstić information content (AvgIpc) is 2.62. The molecule has 5 heteroatoms. The molecule has 1 saturated heterocycles. The molecule has 1 aromatic carbocycles. The number of carbonyl (C=O) groups excluding carboxylic acids is 1. The van der Waals surface area contributed by atoms with Crippen LogP contribution >= 0.6 is 0 Å². The second kappa shape index (κ2) is 5.56. The molecule has 1 unspecified atom stereocenters. The fourth-order valence-electron chi connectivity index (χ4n) is 2.90. The molecule has 3 rings (SSSR count). The zero-order chi connectivity index (χ0) is 14.9. The summed E-state index contributed by atoms with van der Waals surface area (Å²) in [6, 6.07) is 9.06. The van der Waals surface area contributed by atoms with Crippen LogP contribution in [0.25, 0.3) is 0 Å². The van der Waals surface area contributed by atoms with Gasteiger partial charge in [-0.3, -0.25) is 4.79 Å². The van der Waals surface area contributed by atoms with Crippen LogP contribution in [0.4, 0.5) is 0 Å². The maximum absolute atomic E-state index is 12.1. The van der Waals surface area contributed by atoms with E-state index in [-0.39, 0.29) is 31.0 Å². The number of hydrogen-bond donors (Lipinski definition) is 0. The van der Waals surface area contributed by atoms with Gasteiger partial charge in [0.1, 0.15) is 26.2 Å². The topological polar surface area (TPSA) is 44.8 Å². The summed E-state index contributed by atoms with van der Waals surface area (Å²) in [6.45, 7) is 2.24. The van der Waals surface area contributed by atoms with Gasteiger partial charge in [-0.2, -0.15) is 0 Å². The first kappa shape index (κ1) is 14.2. The van der Waals surface area contributed by atoms with Gasteiger partial charge in [0.15, 0.2) is 0 Å². The van der Waals surface area contributed by atoms with Crippen molar-refractivity contribution in [2.24, 2.45) is 5.92 Å². The summed E-state index contributed by atoms with van der Waals surface area (Å²) in [5, 5.41) is 0.